The van der Waals surface area contributed by atoms with Crippen LogP contribution in [0, 0.1) is 6.92 Å². The molecule has 0 aliphatic heterocycles. The minimum Gasteiger partial charge on any atom is -0.497 e. The number of imidazole rings is 1. The molecule has 0 radical (unpaired) electrons. The van der Waals surface area contributed by atoms with Crippen molar-refractivity contribution >= 4 is 5.97 Å². The van der Waals surface area contributed by atoms with Crippen LogP contribution in [0.5, 0.6) is 5.75 Å². The van der Waals surface area contributed by atoms with E-state index >= 15 is 0 Å². The van der Waals surface area contributed by atoms with Gasteiger partial charge in [-0.3, -0.25) is 4.57 Å². The molecule has 7 heteroatoms. The van der Waals surface area contributed by atoms with Crippen molar-refractivity contribution < 1.29 is 14.6 Å². The topological polar surface area (TPSA) is 90.1 Å². The summed E-state index contributed by atoms with van der Waals surface area (Å²) in [5.74, 6) is 0.892. The van der Waals surface area contributed by atoms with Gasteiger partial charge < -0.3 is 9.84 Å². The van der Waals surface area contributed by atoms with Crippen LogP contribution in [0.25, 0.3) is 17.2 Å². The largest absolute Gasteiger partial charge is 0.497 e. The van der Waals surface area contributed by atoms with E-state index in [0.29, 0.717) is 11.6 Å². The molecular formula is C18H18N4O3. The predicted molar refractivity (Wildman–Crippen MR) is 92.2 cm³/mol. The van der Waals surface area contributed by atoms with Crippen LogP contribution in [0.4, 0.5) is 0 Å². The number of aromatic nitrogens is 4. The Morgan fingerprint density at radius 2 is 1.96 bits per heavy atom. The summed E-state index contributed by atoms with van der Waals surface area (Å²) in [6.45, 7) is 3.93. The van der Waals surface area contributed by atoms with Crippen LogP contribution in [0.1, 0.15) is 28.7 Å². The fourth-order valence-corrected chi connectivity index (χ4v) is 2.63. The summed E-state index contributed by atoms with van der Waals surface area (Å²) in [6, 6.07) is 7.47. The Kier molecular flexibility index (Phi) is 4.47. The van der Waals surface area contributed by atoms with Gasteiger partial charge in [-0.25, -0.2) is 19.7 Å². The molecule has 0 bridgehead atoms. The zero-order valence-corrected chi connectivity index (χ0v) is 14.2. The van der Waals surface area contributed by atoms with E-state index in [1.807, 2.05) is 38.1 Å². The molecule has 1 N–H and O–H groups in total. The minimum atomic E-state index is -1.07. The molecular weight excluding hydrogens is 320 g/mol. The molecule has 0 unspecified atom stereocenters. The lowest BCUT2D eigenvalue weighted by molar-refractivity contribution is 0.0691. The molecule has 0 saturated carbocycles. The minimum absolute atomic E-state index is 0.0238. The van der Waals surface area contributed by atoms with Gasteiger partial charge in [-0.05, 0) is 37.6 Å². The van der Waals surface area contributed by atoms with Gasteiger partial charge in [0.15, 0.2) is 11.5 Å². The highest BCUT2D eigenvalue weighted by molar-refractivity contribution is 5.85. The molecule has 0 atom stereocenters. The molecule has 2 heterocycles. The number of carboxylic acid groups (broad SMARTS) is 1. The molecule has 2 aromatic heterocycles. The number of aromatic carboxylic acids is 1. The van der Waals surface area contributed by atoms with Gasteiger partial charge >= 0.3 is 5.97 Å². The summed E-state index contributed by atoms with van der Waals surface area (Å²) in [6.07, 6.45) is 3.65. The molecule has 0 aliphatic rings. The Morgan fingerprint density at radius 3 is 2.52 bits per heavy atom. The normalized spacial score (nSPS) is 10.7. The van der Waals surface area contributed by atoms with Gasteiger partial charge in [0.05, 0.1) is 7.11 Å². The molecule has 0 saturated heterocycles. The van der Waals surface area contributed by atoms with E-state index in [-0.39, 0.29) is 5.69 Å². The number of methoxy groups -OCH3 is 1. The van der Waals surface area contributed by atoms with Gasteiger partial charge in [0.2, 0.25) is 0 Å². The zero-order chi connectivity index (χ0) is 18.0. The van der Waals surface area contributed by atoms with E-state index in [1.165, 1.54) is 12.5 Å². The first-order valence-electron chi connectivity index (χ1n) is 7.83. The third kappa shape index (κ3) is 3.21. The number of hydrogen-bond acceptors (Lipinski definition) is 5. The Balaban J connectivity index is 2.12. The SMILES string of the molecule is CCc1c(C)nc(-c2ccc(OC)cc2)nc1-n1cnc(C(=O)O)c1. The third-order valence-corrected chi connectivity index (χ3v) is 3.94. The smallest absolute Gasteiger partial charge is 0.356 e. The average Bonchev–Trinajstić information content (AvgIpc) is 3.11. The van der Waals surface area contributed by atoms with E-state index < -0.39 is 5.97 Å². The molecule has 0 fully saturated rings. The maximum absolute atomic E-state index is 11.1. The quantitative estimate of drug-likeness (QED) is 0.769. The van der Waals surface area contributed by atoms with Crippen LogP contribution in [-0.4, -0.2) is 37.7 Å². The van der Waals surface area contributed by atoms with Crippen molar-refractivity contribution in [2.75, 3.05) is 7.11 Å². The number of carbonyl (C=O) groups is 1. The Labute approximate surface area is 145 Å². The first kappa shape index (κ1) is 16.6. The van der Waals surface area contributed by atoms with E-state index in [2.05, 4.69) is 15.0 Å². The van der Waals surface area contributed by atoms with Gasteiger partial charge in [0, 0.05) is 23.0 Å². The summed E-state index contributed by atoms with van der Waals surface area (Å²) in [4.78, 5) is 24.3. The number of rotatable bonds is 5. The van der Waals surface area contributed by atoms with E-state index in [0.717, 1.165) is 29.0 Å². The van der Waals surface area contributed by atoms with Crippen molar-refractivity contribution in [2.24, 2.45) is 0 Å². The van der Waals surface area contributed by atoms with Crippen LogP contribution in [-0.2, 0) is 6.42 Å². The molecule has 7 nitrogen and oxygen atoms in total. The fourth-order valence-electron chi connectivity index (χ4n) is 2.63. The van der Waals surface area contributed by atoms with Crippen molar-refractivity contribution in [1.29, 1.82) is 0 Å². The van der Waals surface area contributed by atoms with Gasteiger partial charge in [-0.1, -0.05) is 6.92 Å². The Bertz CT molecular complexity index is 917. The van der Waals surface area contributed by atoms with Crippen LogP contribution in [0.2, 0.25) is 0 Å². The molecule has 1 aromatic carbocycles. The molecule has 0 amide bonds. The summed E-state index contributed by atoms with van der Waals surface area (Å²) in [5, 5.41) is 9.09. The van der Waals surface area contributed by atoms with E-state index in [4.69, 9.17) is 9.84 Å². The highest BCUT2D eigenvalue weighted by Crippen LogP contribution is 2.24. The number of hydrogen-bond donors (Lipinski definition) is 1. The summed E-state index contributed by atoms with van der Waals surface area (Å²) in [5.41, 5.74) is 2.63. The van der Waals surface area contributed by atoms with E-state index in [9.17, 15) is 4.79 Å². The number of carboxylic acids is 1. The lowest BCUT2D eigenvalue weighted by atomic mass is 10.1. The summed E-state index contributed by atoms with van der Waals surface area (Å²) < 4.78 is 6.80. The number of nitrogens with zero attached hydrogens (tertiary/aromatic N) is 4. The van der Waals surface area contributed by atoms with Gasteiger partial charge in [-0.2, -0.15) is 0 Å². The lowest BCUT2D eigenvalue weighted by Gasteiger charge is -2.13. The highest BCUT2D eigenvalue weighted by Gasteiger charge is 2.15. The van der Waals surface area contributed by atoms with Gasteiger partial charge in [0.25, 0.3) is 0 Å². The maximum atomic E-state index is 11.1. The van der Waals surface area contributed by atoms with Crippen molar-refractivity contribution in [3.8, 4) is 23.0 Å². The van der Waals surface area contributed by atoms with E-state index in [1.54, 1.807) is 11.7 Å². The van der Waals surface area contributed by atoms with Crippen LogP contribution < -0.4 is 4.74 Å². The summed E-state index contributed by atoms with van der Waals surface area (Å²) in [7, 11) is 1.61. The summed E-state index contributed by atoms with van der Waals surface area (Å²) >= 11 is 0. The first-order valence-corrected chi connectivity index (χ1v) is 7.83. The molecule has 25 heavy (non-hydrogen) atoms. The molecule has 3 rings (SSSR count). The molecule has 0 aliphatic carbocycles. The fraction of sp³-hybridized carbons (Fsp3) is 0.222. The first-order chi connectivity index (χ1) is 12.0. The molecule has 0 spiro atoms. The Hall–Kier alpha value is -3.22. The molecule has 128 valence electrons. The molecule has 3 aromatic rings. The average molecular weight is 338 g/mol. The maximum Gasteiger partial charge on any atom is 0.356 e. The second kappa shape index (κ2) is 6.72. The van der Waals surface area contributed by atoms with Crippen molar-refractivity contribution in [2.45, 2.75) is 20.3 Å². The van der Waals surface area contributed by atoms with Gasteiger partial charge in [0.1, 0.15) is 17.9 Å². The number of aryl methyl sites for hydroxylation is 1. The lowest BCUT2D eigenvalue weighted by Crippen LogP contribution is -2.07. The van der Waals surface area contributed by atoms with Crippen molar-refractivity contribution in [3.63, 3.8) is 0 Å². The number of ether oxygens (including phenoxy) is 1. The predicted octanol–water partition coefficient (Wildman–Crippen LogP) is 2.91. The second-order valence-corrected chi connectivity index (χ2v) is 5.49. The second-order valence-electron chi connectivity index (χ2n) is 5.49. The number of benzene rings is 1. The third-order valence-electron chi connectivity index (χ3n) is 3.94. The standard InChI is InChI=1S/C18H18N4O3/c1-4-14-11(2)20-16(12-5-7-13(25-3)8-6-12)21-17(14)22-9-15(18(23)24)19-10-22/h5-10H,4H2,1-3H3,(H,23,24). The van der Waals surface area contributed by atoms with Crippen LogP contribution >= 0.6 is 0 Å². The van der Waals surface area contributed by atoms with Crippen LogP contribution in [0.15, 0.2) is 36.8 Å². The van der Waals surface area contributed by atoms with Crippen molar-refractivity contribution in [1.82, 2.24) is 19.5 Å². The monoisotopic (exact) mass is 338 g/mol. The van der Waals surface area contributed by atoms with Crippen molar-refractivity contribution in [3.05, 3.63) is 53.7 Å². The van der Waals surface area contributed by atoms with Gasteiger partial charge in [-0.15, -0.1) is 0 Å². The van der Waals surface area contributed by atoms with Crippen LogP contribution in [0.3, 0.4) is 0 Å². The highest BCUT2D eigenvalue weighted by atomic mass is 16.5. The zero-order valence-electron chi connectivity index (χ0n) is 14.2. The Morgan fingerprint density at radius 1 is 1.24 bits per heavy atom.